The summed E-state index contributed by atoms with van der Waals surface area (Å²) in [6.07, 6.45) is 2.07. The zero-order valence-corrected chi connectivity index (χ0v) is 14.2. The molecule has 3 amide bonds. The molecule has 0 bridgehead atoms. The summed E-state index contributed by atoms with van der Waals surface area (Å²) in [5, 5.41) is 0. The van der Waals surface area contributed by atoms with E-state index in [9.17, 15) is 9.59 Å². The predicted octanol–water partition coefficient (Wildman–Crippen LogP) is 0.0655. The van der Waals surface area contributed by atoms with Crippen molar-refractivity contribution in [3.8, 4) is 0 Å². The van der Waals surface area contributed by atoms with Gasteiger partial charge in [-0.25, -0.2) is 4.79 Å². The van der Waals surface area contributed by atoms with Gasteiger partial charge in [-0.3, -0.25) is 9.69 Å². The van der Waals surface area contributed by atoms with Crippen molar-refractivity contribution >= 4 is 11.9 Å². The van der Waals surface area contributed by atoms with Crippen LogP contribution in [0.1, 0.15) is 19.8 Å². The molecule has 3 aliphatic rings. The van der Waals surface area contributed by atoms with E-state index in [4.69, 9.17) is 4.74 Å². The Bertz CT molecular complexity index is 451. The molecule has 7 nitrogen and oxygen atoms in total. The molecule has 3 rings (SSSR count). The van der Waals surface area contributed by atoms with Gasteiger partial charge in [0.15, 0.2) is 0 Å². The molecular weight excluding hydrogens is 296 g/mol. The Balaban J connectivity index is 1.44. The van der Waals surface area contributed by atoms with Gasteiger partial charge >= 0.3 is 6.03 Å². The molecule has 130 valence electrons. The van der Waals surface area contributed by atoms with Crippen LogP contribution in [-0.2, 0) is 9.53 Å². The molecular formula is C16H28N4O3. The number of nitrogens with zero attached hydrogens (tertiary/aromatic N) is 4. The minimum Gasteiger partial charge on any atom is -0.375 e. The van der Waals surface area contributed by atoms with Gasteiger partial charge in [-0.15, -0.1) is 0 Å². The second kappa shape index (κ2) is 7.05. The third-order valence-electron chi connectivity index (χ3n) is 5.20. The summed E-state index contributed by atoms with van der Waals surface area (Å²) in [6.45, 7) is 7.99. The van der Waals surface area contributed by atoms with Crippen LogP contribution in [0.25, 0.3) is 0 Å². The quantitative estimate of drug-likeness (QED) is 0.737. The topological polar surface area (TPSA) is 56.3 Å². The summed E-state index contributed by atoms with van der Waals surface area (Å²) in [7, 11) is 1.86. The molecule has 0 saturated carbocycles. The van der Waals surface area contributed by atoms with E-state index < -0.39 is 0 Å². The molecule has 3 aliphatic heterocycles. The molecule has 0 aromatic rings. The normalized spacial score (nSPS) is 27.8. The van der Waals surface area contributed by atoms with E-state index in [1.165, 1.54) is 0 Å². The third-order valence-corrected chi connectivity index (χ3v) is 5.20. The maximum Gasteiger partial charge on any atom is 0.320 e. The van der Waals surface area contributed by atoms with Gasteiger partial charge < -0.3 is 19.4 Å². The van der Waals surface area contributed by atoms with Gasteiger partial charge in [0.05, 0.1) is 19.3 Å². The fraction of sp³-hybridized carbons (Fsp3) is 0.875. The van der Waals surface area contributed by atoms with Gasteiger partial charge in [-0.2, -0.15) is 0 Å². The number of likely N-dealkylation sites (tertiary alicyclic amines) is 1. The molecule has 0 N–H and O–H groups in total. The van der Waals surface area contributed by atoms with Crippen LogP contribution in [0, 0.1) is 0 Å². The monoisotopic (exact) mass is 324 g/mol. The number of carbonyl (C=O) groups is 2. The van der Waals surface area contributed by atoms with Crippen LogP contribution in [0.3, 0.4) is 0 Å². The Morgan fingerprint density at radius 1 is 1.17 bits per heavy atom. The fourth-order valence-corrected chi connectivity index (χ4v) is 3.73. The largest absolute Gasteiger partial charge is 0.375 e. The van der Waals surface area contributed by atoms with Crippen molar-refractivity contribution < 1.29 is 14.3 Å². The number of morpholine rings is 1. The molecule has 0 radical (unpaired) electrons. The Hall–Kier alpha value is -1.34. The highest BCUT2D eigenvalue weighted by Crippen LogP contribution is 2.20. The van der Waals surface area contributed by atoms with Crippen LogP contribution < -0.4 is 0 Å². The second-order valence-corrected chi connectivity index (χ2v) is 6.93. The van der Waals surface area contributed by atoms with Crippen molar-refractivity contribution in [3.63, 3.8) is 0 Å². The summed E-state index contributed by atoms with van der Waals surface area (Å²) in [6, 6.07) is 0.490. The molecule has 1 atom stereocenters. The van der Waals surface area contributed by atoms with E-state index in [2.05, 4.69) is 4.90 Å². The van der Waals surface area contributed by atoms with Crippen LogP contribution in [0.2, 0.25) is 0 Å². The molecule has 7 heteroatoms. The van der Waals surface area contributed by atoms with E-state index >= 15 is 0 Å². The van der Waals surface area contributed by atoms with Gasteiger partial charge in [0.1, 0.15) is 0 Å². The van der Waals surface area contributed by atoms with Crippen LogP contribution in [0.15, 0.2) is 0 Å². The third kappa shape index (κ3) is 3.77. The lowest BCUT2D eigenvalue weighted by Crippen LogP contribution is -2.51. The van der Waals surface area contributed by atoms with Gasteiger partial charge in [-0.05, 0) is 19.8 Å². The maximum absolute atomic E-state index is 12.4. The van der Waals surface area contributed by atoms with Gasteiger partial charge in [-0.1, -0.05) is 0 Å². The number of carbonyl (C=O) groups excluding carboxylic acids is 2. The summed E-state index contributed by atoms with van der Waals surface area (Å²) >= 11 is 0. The fourth-order valence-electron chi connectivity index (χ4n) is 3.73. The highest BCUT2D eigenvalue weighted by Gasteiger charge is 2.34. The first kappa shape index (κ1) is 16.5. The molecule has 3 heterocycles. The van der Waals surface area contributed by atoms with Gasteiger partial charge in [0.2, 0.25) is 5.91 Å². The molecule has 3 fully saturated rings. The molecule has 1 unspecified atom stereocenters. The van der Waals surface area contributed by atoms with Gasteiger partial charge in [0.25, 0.3) is 0 Å². The van der Waals surface area contributed by atoms with E-state index in [1.54, 1.807) is 4.90 Å². The molecule has 0 aromatic carbocycles. The van der Waals surface area contributed by atoms with Crippen LogP contribution in [0.5, 0.6) is 0 Å². The molecule has 0 aliphatic carbocycles. The average Bonchev–Trinajstić information content (AvgIpc) is 2.88. The Labute approximate surface area is 138 Å². The summed E-state index contributed by atoms with van der Waals surface area (Å²) in [4.78, 5) is 32.4. The number of hydrogen-bond donors (Lipinski definition) is 0. The SMILES string of the molecule is CC1CN(C(=O)CN2CCC(N3CCN(C)C3=O)CC2)CCO1. The predicted molar refractivity (Wildman–Crippen MR) is 86.2 cm³/mol. The first-order valence-corrected chi connectivity index (χ1v) is 8.68. The lowest BCUT2D eigenvalue weighted by atomic mass is 10.0. The van der Waals surface area contributed by atoms with Crippen molar-refractivity contribution in [1.29, 1.82) is 0 Å². The first-order valence-electron chi connectivity index (χ1n) is 8.68. The van der Waals surface area contributed by atoms with E-state index in [0.717, 1.165) is 39.0 Å². The number of ether oxygens (including phenoxy) is 1. The van der Waals surface area contributed by atoms with Gasteiger partial charge in [0, 0.05) is 52.4 Å². The minimum absolute atomic E-state index is 0.136. The molecule has 3 saturated heterocycles. The lowest BCUT2D eigenvalue weighted by molar-refractivity contribution is -0.139. The highest BCUT2D eigenvalue weighted by molar-refractivity contribution is 5.78. The molecule has 0 spiro atoms. The number of amides is 3. The Morgan fingerprint density at radius 3 is 2.52 bits per heavy atom. The standard InChI is InChI=1S/C16H28N4O3/c1-13-11-19(9-10-23-13)15(21)12-18-5-3-14(4-6-18)20-8-7-17(2)16(20)22/h13-14H,3-12H2,1-2H3. The molecule has 0 aromatic heterocycles. The lowest BCUT2D eigenvalue weighted by Gasteiger charge is -2.37. The number of piperidine rings is 1. The Morgan fingerprint density at radius 2 is 1.91 bits per heavy atom. The van der Waals surface area contributed by atoms with Crippen LogP contribution in [-0.4, -0.2) is 103 Å². The van der Waals surface area contributed by atoms with E-state index in [-0.39, 0.29) is 18.0 Å². The first-order chi connectivity index (χ1) is 11.0. The van der Waals surface area contributed by atoms with Crippen molar-refractivity contribution in [1.82, 2.24) is 19.6 Å². The number of hydrogen-bond acceptors (Lipinski definition) is 4. The number of urea groups is 1. The highest BCUT2D eigenvalue weighted by atomic mass is 16.5. The van der Waals surface area contributed by atoms with E-state index in [0.29, 0.717) is 32.3 Å². The van der Waals surface area contributed by atoms with Crippen molar-refractivity contribution in [2.75, 3.05) is 59.5 Å². The summed E-state index contributed by atoms with van der Waals surface area (Å²) in [5.74, 6) is 0.204. The number of likely N-dealkylation sites (N-methyl/N-ethyl adjacent to an activating group) is 1. The minimum atomic E-state index is 0.136. The van der Waals surface area contributed by atoms with Crippen molar-refractivity contribution in [2.24, 2.45) is 0 Å². The second-order valence-electron chi connectivity index (χ2n) is 6.93. The zero-order valence-electron chi connectivity index (χ0n) is 14.2. The summed E-state index contributed by atoms with van der Waals surface area (Å²) < 4.78 is 5.49. The van der Waals surface area contributed by atoms with E-state index in [1.807, 2.05) is 23.8 Å². The average molecular weight is 324 g/mol. The van der Waals surface area contributed by atoms with Crippen LogP contribution >= 0.6 is 0 Å². The zero-order chi connectivity index (χ0) is 16.4. The molecule has 23 heavy (non-hydrogen) atoms. The number of rotatable bonds is 3. The van der Waals surface area contributed by atoms with Crippen LogP contribution in [0.4, 0.5) is 4.79 Å². The summed E-state index contributed by atoms with van der Waals surface area (Å²) in [5.41, 5.74) is 0. The van der Waals surface area contributed by atoms with Crippen molar-refractivity contribution in [3.05, 3.63) is 0 Å². The van der Waals surface area contributed by atoms with Crippen molar-refractivity contribution in [2.45, 2.75) is 31.9 Å². The Kier molecular flexibility index (Phi) is 5.06. The smallest absolute Gasteiger partial charge is 0.320 e. The maximum atomic E-state index is 12.4.